The van der Waals surface area contributed by atoms with Gasteiger partial charge >= 0.3 is 6.18 Å². The predicted octanol–water partition coefficient (Wildman–Crippen LogP) is 3.83. The monoisotopic (exact) mass is 305 g/mol. The minimum atomic E-state index is -4.36. The van der Waals surface area contributed by atoms with Gasteiger partial charge in [-0.15, -0.1) is 0 Å². The van der Waals surface area contributed by atoms with Gasteiger partial charge in [-0.05, 0) is 38.1 Å². The van der Waals surface area contributed by atoms with Crippen LogP contribution in [0.25, 0.3) is 0 Å². The Morgan fingerprint density at radius 1 is 1.24 bits per heavy atom. The van der Waals surface area contributed by atoms with Gasteiger partial charge in [0.2, 0.25) is 0 Å². The zero-order valence-electron chi connectivity index (χ0n) is 12.8. The van der Waals surface area contributed by atoms with Crippen molar-refractivity contribution >= 4 is 0 Å². The minimum absolute atomic E-state index is 0.111. The van der Waals surface area contributed by atoms with Gasteiger partial charge in [0.25, 0.3) is 0 Å². The number of nitrogens with one attached hydrogen (secondary N) is 1. The van der Waals surface area contributed by atoms with E-state index >= 15 is 0 Å². The van der Waals surface area contributed by atoms with Crippen molar-refractivity contribution in [3.05, 3.63) is 29.3 Å². The Morgan fingerprint density at radius 3 is 2.43 bits per heavy atom. The zero-order valence-corrected chi connectivity index (χ0v) is 12.8. The number of hydrogen-bond acceptors (Lipinski definition) is 3. The van der Waals surface area contributed by atoms with E-state index < -0.39 is 12.3 Å². The second-order valence-electron chi connectivity index (χ2n) is 4.85. The van der Waals surface area contributed by atoms with Crippen LogP contribution in [0, 0.1) is 0 Å². The maximum Gasteiger partial charge on any atom is 0.414 e. The van der Waals surface area contributed by atoms with Gasteiger partial charge in [-0.1, -0.05) is 13.0 Å². The van der Waals surface area contributed by atoms with Crippen LogP contribution in [0.1, 0.15) is 37.9 Å². The van der Waals surface area contributed by atoms with Crippen LogP contribution >= 0.6 is 0 Å². The molecule has 120 valence electrons. The summed E-state index contributed by atoms with van der Waals surface area (Å²) in [4.78, 5) is 0. The highest BCUT2D eigenvalue weighted by molar-refractivity contribution is 5.38. The van der Waals surface area contributed by atoms with Crippen LogP contribution in [0.5, 0.6) is 5.75 Å². The quantitative estimate of drug-likeness (QED) is 0.830. The molecule has 0 aliphatic rings. The van der Waals surface area contributed by atoms with Crippen molar-refractivity contribution in [1.29, 1.82) is 0 Å². The lowest BCUT2D eigenvalue weighted by Gasteiger charge is -2.19. The molecule has 3 nitrogen and oxygen atoms in total. The predicted molar refractivity (Wildman–Crippen MR) is 75.4 cm³/mol. The Morgan fingerprint density at radius 2 is 1.90 bits per heavy atom. The first-order chi connectivity index (χ1) is 9.79. The van der Waals surface area contributed by atoms with E-state index in [1.165, 1.54) is 7.11 Å². The van der Waals surface area contributed by atoms with Crippen LogP contribution in [-0.2, 0) is 11.3 Å². The summed E-state index contributed by atoms with van der Waals surface area (Å²) in [6.45, 7) is 5.65. The van der Waals surface area contributed by atoms with Gasteiger partial charge in [-0.2, -0.15) is 13.2 Å². The average Bonchev–Trinajstić information content (AvgIpc) is 2.43. The fourth-order valence-corrected chi connectivity index (χ4v) is 1.91. The Hall–Kier alpha value is -1.27. The van der Waals surface area contributed by atoms with E-state index in [1.807, 2.05) is 26.0 Å². The topological polar surface area (TPSA) is 30.5 Å². The second kappa shape index (κ2) is 7.66. The first-order valence-corrected chi connectivity index (χ1v) is 6.88. The van der Waals surface area contributed by atoms with E-state index in [-0.39, 0.29) is 12.6 Å². The molecule has 0 spiro atoms. The molecule has 21 heavy (non-hydrogen) atoms. The van der Waals surface area contributed by atoms with Crippen molar-refractivity contribution < 1.29 is 22.6 Å². The van der Waals surface area contributed by atoms with E-state index in [4.69, 9.17) is 9.47 Å². The lowest BCUT2D eigenvalue weighted by Crippen LogP contribution is -2.28. The highest BCUT2D eigenvalue weighted by Crippen LogP contribution is 2.27. The smallest absolute Gasteiger partial charge is 0.414 e. The van der Waals surface area contributed by atoms with Crippen molar-refractivity contribution in [3.8, 4) is 5.75 Å². The molecule has 0 aromatic heterocycles. The molecule has 0 heterocycles. The summed E-state index contributed by atoms with van der Waals surface area (Å²) in [5.41, 5.74) is 1.59. The van der Waals surface area contributed by atoms with Crippen LogP contribution < -0.4 is 10.1 Å². The molecule has 0 fully saturated rings. The number of benzene rings is 1. The van der Waals surface area contributed by atoms with Gasteiger partial charge in [0, 0.05) is 11.6 Å². The van der Waals surface area contributed by atoms with E-state index in [0.717, 1.165) is 19.0 Å². The van der Waals surface area contributed by atoms with Crippen molar-refractivity contribution in [3.63, 3.8) is 0 Å². The molecule has 0 aliphatic carbocycles. The van der Waals surface area contributed by atoms with Crippen molar-refractivity contribution in [1.82, 2.24) is 5.32 Å². The molecule has 6 heteroatoms. The molecular formula is C15H22F3NO2. The van der Waals surface area contributed by atoms with Gasteiger partial charge in [0.1, 0.15) is 5.75 Å². The summed E-state index contributed by atoms with van der Waals surface area (Å²) >= 11 is 0. The Kier molecular flexibility index (Phi) is 6.48. The second-order valence-corrected chi connectivity index (χ2v) is 4.85. The van der Waals surface area contributed by atoms with Gasteiger partial charge < -0.3 is 14.8 Å². The third kappa shape index (κ3) is 5.21. The molecule has 0 bridgehead atoms. The number of rotatable bonds is 7. The molecule has 2 unspecified atom stereocenters. The summed E-state index contributed by atoms with van der Waals surface area (Å²) in [5.74, 6) is 0.525. The molecular weight excluding hydrogens is 283 g/mol. The highest BCUT2D eigenvalue weighted by Gasteiger charge is 2.37. The summed E-state index contributed by atoms with van der Waals surface area (Å²) in [6, 6.07) is 5.57. The largest absolute Gasteiger partial charge is 0.496 e. The number of ether oxygens (including phenoxy) is 2. The molecule has 1 aromatic carbocycles. The number of methoxy groups -OCH3 is 1. The summed E-state index contributed by atoms with van der Waals surface area (Å²) in [7, 11) is 1.49. The third-order valence-electron chi connectivity index (χ3n) is 3.26. The number of hydrogen-bond donors (Lipinski definition) is 1. The fraction of sp³-hybridized carbons (Fsp3) is 0.600. The molecule has 0 radical (unpaired) electrons. The van der Waals surface area contributed by atoms with Gasteiger partial charge in [-0.25, -0.2) is 0 Å². The Labute approximate surface area is 123 Å². The van der Waals surface area contributed by atoms with Crippen molar-refractivity contribution in [2.45, 2.75) is 45.7 Å². The molecule has 1 N–H and O–H groups in total. The van der Waals surface area contributed by atoms with Crippen molar-refractivity contribution in [2.24, 2.45) is 0 Å². The first-order valence-electron chi connectivity index (χ1n) is 6.88. The maximum absolute atomic E-state index is 12.5. The Balaban J connectivity index is 2.86. The summed E-state index contributed by atoms with van der Waals surface area (Å²) in [6.07, 6.45) is -6.17. The molecule has 0 aliphatic heterocycles. The SMILES string of the molecule is CCNC(C)c1ccc(OC)c(COC(C)C(F)(F)F)c1. The fourth-order valence-electron chi connectivity index (χ4n) is 1.91. The molecule has 0 saturated heterocycles. The number of halogens is 3. The van der Waals surface area contributed by atoms with Crippen LogP contribution in [0.2, 0.25) is 0 Å². The molecule has 2 atom stereocenters. The third-order valence-corrected chi connectivity index (χ3v) is 3.26. The van der Waals surface area contributed by atoms with Crippen LogP contribution in [0.15, 0.2) is 18.2 Å². The molecule has 0 amide bonds. The van der Waals surface area contributed by atoms with E-state index in [2.05, 4.69) is 5.32 Å². The van der Waals surface area contributed by atoms with E-state index in [1.54, 1.807) is 6.07 Å². The summed E-state index contributed by atoms with van der Waals surface area (Å²) < 4.78 is 47.5. The molecule has 1 rings (SSSR count). The zero-order chi connectivity index (χ0) is 16.0. The van der Waals surface area contributed by atoms with Crippen LogP contribution in [-0.4, -0.2) is 25.9 Å². The van der Waals surface area contributed by atoms with Crippen LogP contribution in [0.3, 0.4) is 0 Å². The van der Waals surface area contributed by atoms with E-state index in [0.29, 0.717) is 11.3 Å². The van der Waals surface area contributed by atoms with Crippen LogP contribution in [0.4, 0.5) is 13.2 Å². The summed E-state index contributed by atoms with van der Waals surface area (Å²) in [5, 5.41) is 3.25. The first kappa shape index (κ1) is 17.8. The average molecular weight is 305 g/mol. The van der Waals surface area contributed by atoms with Gasteiger partial charge in [0.15, 0.2) is 6.10 Å². The van der Waals surface area contributed by atoms with E-state index in [9.17, 15) is 13.2 Å². The van der Waals surface area contributed by atoms with Gasteiger partial charge in [0.05, 0.1) is 13.7 Å². The Bertz CT molecular complexity index is 449. The maximum atomic E-state index is 12.5. The van der Waals surface area contributed by atoms with Gasteiger partial charge in [-0.3, -0.25) is 0 Å². The lowest BCUT2D eigenvalue weighted by molar-refractivity contribution is -0.217. The molecule has 0 saturated carbocycles. The van der Waals surface area contributed by atoms with Crippen molar-refractivity contribution in [2.75, 3.05) is 13.7 Å². The highest BCUT2D eigenvalue weighted by atomic mass is 19.4. The lowest BCUT2D eigenvalue weighted by atomic mass is 10.0. The minimum Gasteiger partial charge on any atom is -0.496 e. The standard InChI is InChI=1S/C15H22F3NO2/c1-5-19-10(2)12-6-7-14(20-4)13(8-12)9-21-11(3)15(16,17)18/h6-8,10-11,19H,5,9H2,1-4H3. The molecule has 1 aromatic rings. The normalized spacial score (nSPS) is 14.8. The number of alkyl halides is 3.